The summed E-state index contributed by atoms with van der Waals surface area (Å²) in [7, 11) is 0. The molecule has 0 bridgehead atoms. The predicted octanol–water partition coefficient (Wildman–Crippen LogP) is 2.23. The molecule has 13 heavy (non-hydrogen) atoms. The largest absolute Gasteiger partial charge is 0.492 e. The van der Waals surface area contributed by atoms with Crippen molar-refractivity contribution in [3.05, 3.63) is 29.3 Å². The molecule has 0 saturated heterocycles. The molecule has 66 valence electrons. The van der Waals surface area contributed by atoms with Gasteiger partial charge in [-0.1, -0.05) is 13.8 Å². The molecule has 0 atom stereocenters. The second kappa shape index (κ2) is 2.50. The van der Waals surface area contributed by atoms with Crippen LogP contribution in [0.15, 0.2) is 18.2 Å². The van der Waals surface area contributed by atoms with Gasteiger partial charge in [0, 0.05) is 11.0 Å². The Bertz CT molecular complexity index is 388. The Hall–Kier alpha value is -1.49. The van der Waals surface area contributed by atoms with Gasteiger partial charge in [0.15, 0.2) is 0 Å². The number of nitriles is 1. The number of fused-ring (bicyclic) bond motifs is 1. The molecule has 2 heteroatoms. The van der Waals surface area contributed by atoms with E-state index < -0.39 is 0 Å². The number of benzene rings is 1. The van der Waals surface area contributed by atoms with Crippen LogP contribution in [0.25, 0.3) is 0 Å². The van der Waals surface area contributed by atoms with Crippen molar-refractivity contribution in [2.24, 2.45) is 0 Å². The van der Waals surface area contributed by atoms with Crippen molar-refractivity contribution in [1.82, 2.24) is 0 Å². The monoisotopic (exact) mass is 173 g/mol. The highest BCUT2D eigenvalue weighted by Crippen LogP contribution is 2.38. The Kier molecular flexibility index (Phi) is 1.56. The highest BCUT2D eigenvalue weighted by atomic mass is 16.5. The number of nitrogens with zero attached hydrogens (tertiary/aromatic N) is 1. The van der Waals surface area contributed by atoms with Crippen LogP contribution >= 0.6 is 0 Å². The summed E-state index contributed by atoms with van der Waals surface area (Å²) in [5.74, 6) is 0.920. The van der Waals surface area contributed by atoms with Crippen LogP contribution in [0.5, 0.6) is 5.75 Å². The van der Waals surface area contributed by atoms with Crippen molar-refractivity contribution >= 4 is 0 Å². The van der Waals surface area contributed by atoms with Gasteiger partial charge in [0.05, 0.1) is 18.2 Å². The van der Waals surface area contributed by atoms with Gasteiger partial charge in [0.25, 0.3) is 0 Å². The molecular weight excluding hydrogens is 162 g/mol. The van der Waals surface area contributed by atoms with Crippen LogP contribution in [0.1, 0.15) is 25.0 Å². The minimum absolute atomic E-state index is 0.0438. The lowest BCUT2D eigenvalue weighted by molar-refractivity contribution is 0.291. The fourth-order valence-electron chi connectivity index (χ4n) is 1.59. The number of hydrogen-bond acceptors (Lipinski definition) is 2. The van der Waals surface area contributed by atoms with Crippen LogP contribution in [0.2, 0.25) is 0 Å². The first-order valence-corrected chi connectivity index (χ1v) is 4.31. The number of rotatable bonds is 0. The molecule has 1 aliphatic heterocycles. The van der Waals surface area contributed by atoms with Crippen molar-refractivity contribution < 1.29 is 4.74 Å². The first kappa shape index (κ1) is 8.12. The molecule has 0 aromatic heterocycles. The van der Waals surface area contributed by atoms with Gasteiger partial charge in [-0.15, -0.1) is 0 Å². The van der Waals surface area contributed by atoms with Gasteiger partial charge in [0.2, 0.25) is 0 Å². The minimum Gasteiger partial charge on any atom is -0.492 e. The maximum Gasteiger partial charge on any atom is 0.123 e. The van der Waals surface area contributed by atoms with Gasteiger partial charge < -0.3 is 4.74 Å². The Morgan fingerprint density at radius 2 is 2.23 bits per heavy atom. The zero-order valence-electron chi connectivity index (χ0n) is 7.79. The molecule has 0 unspecified atom stereocenters. The average Bonchev–Trinajstić information content (AvgIpc) is 2.42. The Labute approximate surface area is 77.8 Å². The Morgan fingerprint density at radius 3 is 2.92 bits per heavy atom. The van der Waals surface area contributed by atoms with Crippen LogP contribution in [0.3, 0.4) is 0 Å². The molecule has 0 spiro atoms. The maximum atomic E-state index is 8.75. The van der Waals surface area contributed by atoms with E-state index in [1.165, 1.54) is 0 Å². The van der Waals surface area contributed by atoms with E-state index >= 15 is 0 Å². The third-order valence-electron chi connectivity index (χ3n) is 2.43. The van der Waals surface area contributed by atoms with Crippen LogP contribution < -0.4 is 4.74 Å². The van der Waals surface area contributed by atoms with E-state index in [9.17, 15) is 0 Å². The van der Waals surface area contributed by atoms with E-state index in [1.807, 2.05) is 12.1 Å². The SMILES string of the molecule is CC1(C)COc2ccc(C#N)cc21. The molecule has 0 radical (unpaired) electrons. The van der Waals surface area contributed by atoms with Gasteiger partial charge in [-0.2, -0.15) is 5.26 Å². The van der Waals surface area contributed by atoms with Gasteiger partial charge in [-0.25, -0.2) is 0 Å². The standard InChI is InChI=1S/C11H11NO/c1-11(2)7-13-10-4-3-8(6-12)5-9(10)11/h3-5H,7H2,1-2H3. The van der Waals surface area contributed by atoms with Gasteiger partial charge >= 0.3 is 0 Å². The topological polar surface area (TPSA) is 33.0 Å². The molecule has 0 amide bonds. The molecule has 0 saturated carbocycles. The minimum atomic E-state index is 0.0438. The summed E-state index contributed by atoms with van der Waals surface area (Å²) < 4.78 is 5.50. The van der Waals surface area contributed by atoms with Crippen LogP contribution in [0.4, 0.5) is 0 Å². The fourth-order valence-corrected chi connectivity index (χ4v) is 1.59. The molecule has 1 aromatic carbocycles. The molecule has 2 nitrogen and oxygen atoms in total. The van der Waals surface area contributed by atoms with Crippen LogP contribution in [-0.4, -0.2) is 6.61 Å². The van der Waals surface area contributed by atoms with E-state index in [1.54, 1.807) is 6.07 Å². The van der Waals surface area contributed by atoms with Crippen LogP contribution in [-0.2, 0) is 5.41 Å². The summed E-state index contributed by atoms with van der Waals surface area (Å²) in [4.78, 5) is 0. The quantitative estimate of drug-likeness (QED) is 0.602. The third kappa shape index (κ3) is 1.17. The van der Waals surface area contributed by atoms with E-state index in [0.717, 1.165) is 11.3 Å². The number of hydrogen-bond donors (Lipinski definition) is 0. The lowest BCUT2D eigenvalue weighted by atomic mass is 9.86. The molecule has 0 fully saturated rings. The lowest BCUT2D eigenvalue weighted by Gasteiger charge is -2.14. The van der Waals surface area contributed by atoms with Gasteiger partial charge in [0.1, 0.15) is 5.75 Å². The van der Waals surface area contributed by atoms with Crippen LogP contribution in [0, 0.1) is 11.3 Å². The summed E-state index contributed by atoms with van der Waals surface area (Å²) in [5, 5.41) is 8.75. The van der Waals surface area contributed by atoms with Crippen molar-refractivity contribution in [1.29, 1.82) is 5.26 Å². The Balaban J connectivity index is 2.57. The highest BCUT2D eigenvalue weighted by Gasteiger charge is 2.31. The number of ether oxygens (including phenoxy) is 1. The molecule has 2 rings (SSSR count). The van der Waals surface area contributed by atoms with E-state index in [-0.39, 0.29) is 5.41 Å². The van der Waals surface area contributed by atoms with Gasteiger partial charge in [-0.3, -0.25) is 0 Å². The second-order valence-electron chi connectivity index (χ2n) is 4.00. The van der Waals surface area contributed by atoms with Crippen molar-refractivity contribution in [2.75, 3.05) is 6.61 Å². The molecule has 1 aliphatic rings. The molecule has 1 aromatic rings. The average molecular weight is 173 g/mol. The lowest BCUT2D eigenvalue weighted by Crippen LogP contribution is -2.18. The first-order chi connectivity index (χ1) is 6.13. The van der Waals surface area contributed by atoms with E-state index in [0.29, 0.717) is 12.2 Å². The normalized spacial score (nSPS) is 17.3. The molecule has 0 N–H and O–H groups in total. The van der Waals surface area contributed by atoms with E-state index in [2.05, 4.69) is 19.9 Å². The first-order valence-electron chi connectivity index (χ1n) is 4.31. The molecular formula is C11H11NO. The summed E-state index contributed by atoms with van der Waals surface area (Å²) in [5.41, 5.74) is 1.89. The maximum absolute atomic E-state index is 8.75. The zero-order valence-corrected chi connectivity index (χ0v) is 7.79. The smallest absolute Gasteiger partial charge is 0.123 e. The summed E-state index contributed by atoms with van der Waals surface area (Å²) >= 11 is 0. The Morgan fingerprint density at radius 1 is 1.46 bits per heavy atom. The van der Waals surface area contributed by atoms with Crippen molar-refractivity contribution in [3.8, 4) is 11.8 Å². The summed E-state index contributed by atoms with van der Waals surface area (Å²) in [6.07, 6.45) is 0. The highest BCUT2D eigenvalue weighted by molar-refractivity contribution is 5.48. The van der Waals surface area contributed by atoms with Crippen molar-refractivity contribution in [3.63, 3.8) is 0 Å². The second-order valence-corrected chi connectivity index (χ2v) is 4.00. The third-order valence-corrected chi connectivity index (χ3v) is 2.43. The summed E-state index contributed by atoms with van der Waals surface area (Å²) in [6.45, 7) is 4.96. The van der Waals surface area contributed by atoms with E-state index in [4.69, 9.17) is 10.00 Å². The summed E-state index contributed by atoms with van der Waals surface area (Å²) in [6, 6.07) is 7.73. The molecule has 1 heterocycles. The predicted molar refractivity (Wildman–Crippen MR) is 49.7 cm³/mol. The fraction of sp³-hybridized carbons (Fsp3) is 0.364. The van der Waals surface area contributed by atoms with Crippen molar-refractivity contribution in [2.45, 2.75) is 19.3 Å². The zero-order chi connectivity index (χ0) is 9.47. The molecule has 0 aliphatic carbocycles. The van der Waals surface area contributed by atoms with Gasteiger partial charge in [-0.05, 0) is 18.2 Å².